The normalized spacial score (nSPS) is 12.5. The summed E-state index contributed by atoms with van der Waals surface area (Å²) in [7, 11) is 1.64. The number of guanidine groups is 1. The average molecular weight is 505 g/mol. The highest BCUT2D eigenvalue weighted by molar-refractivity contribution is 14.0. The molecule has 152 valence electrons. The van der Waals surface area contributed by atoms with Gasteiger partial charge in [-0.2, -0.15) is 8.78 Å². The molecule has 1 aliphatic rings. The van der Waals surface area contributed by atoms with Gasteiger partial charge in [-0.15, -0.1) is 24.0 Å². The van der Waals surface area contributed by atoms with Gasteiger partial charge in [0, 0.05) is 31.8 Å². The standard InChI is InChI=1S/C19H21F2N3O3.HI/c1-12-5-3-4-6-13(12)9-23-19(22-2)24-10-14-7-16-17(26-11-25-16)8-15(14)27-18(20)21;/h3-8,18H,9-11H2,1-2H3,(H2,22,23,24);1H. The zero-order valence-corrected chi connectivity index (χ0v) is 17.8. The van der Waals surface area contributed by atoms with Crippen LogP contribution in [0.2, 0.25) is 0 Å². The third-order valence-corrected chi connectivity index (χ3v) is 4.15. The molecule has 0 saturated heterocycles. The van der Waals surface area contributed by atoms with Crippen LogP contribution in [-0.2, 0) is 13.1 Å². The second kappa shape index (κ2) is 10.3. The first-order chi connectivity index (χ1) is 13.1. The van der Waals surface area contributed by atoms with Crippen LogP contribution in [0.3, 0.4) is 0 Å². The van der Waals surface area contributed by atoms with E-state index in [1.165, 1.54) is 11.6 Å². The third kappa shape index (κ3) is 5.60. The maximum atomic E-state index is 12.7. The molecule has 0 aliphatic carbocycles. The molecule has 0 bridgehead atoms. The van der Waals surface area contributed by atoms with Gasteiger partial charge in [-0.3, -0.25) is 4.99 Å². The van der Waals surface area contributed by atoms with Crippen molar-refractivity contribution in [1.29, 1.82) is 0 Å². The lowest BCUT2D eigenvalue weighted by Crippen LogP contribution is -2.36. The summed E-state index contributed by atoms with van der Waals surface area (Å²) in [5.41, 5.74) is 2.83. The first kappa shape index (κ1) is 22.0. The Labute approximate surface area is 179 Å². The van der Waals surface area contributed by atoms with Gasteiger partial charge >= 0.3 is 6.61 Å². The second-order valence-electron chi connectivity index (χ2n) is 5.90. The number of fused-ring (bicyclic) bond motifs is 1. The summed E-state index contributed by atoms with van der Waals surface area (Å²) < 4.78 is 40.6. The number of aryl methyl sites for hydroxylation is 1. The van der Waals surface area contributed by atoms with Gasteiger partial charge in [0.1, 0.15) is 5.75 Å². The Hall–Kier alpha value is -2.30. The molecule has 0 spiro atoms. The van der Waals surface area contributed by atoms with Crippen molar-refractivity contribution in [3.05, 3.63) is 53.1 Å². The lowest BCUT2D eigenvalue weighted by Gasteiger charge is -2.15. The van der Waals surface area contributed by atoms with Crippen molar-refractivity contribution in [3.8, 4) is 17.2 Å². The fraction of sp³-hybridized carbons (Fsp3) is 0.316. The zero-order valence-electron chi connectivity index (χ0n) is 15.5. The Morgan fingerprint density at radius 3 is 2.39 bits per heavy atom. The summed E-state index contributed by atoms with van der Waals surface area (Å²) in [5.74, 6) is 1.46. The first-order valence-electron chi connectivity index (χ1n) is 8.43. The number of ether oxygens (including phenoxy) is 3. The minimum Gasteiger partial charge on any atom is -0.454 e. The average Bonchev–Trinajstić information content (AvgIpc) is 3.09. The molecule has 0 fully saturated rings. The van der Waals surface area contributed by atoms with Crippen molar-refractivity contribution < 1.29 is 23.0 Å². The van der Waals surface area contributed by atoms with Crippen LogP contribution >= 0.6 is 24.0 Å². The number of alkyl halides is 2. The Kier molecular flexibility index (Phi) is 8.09. The molecule has 28 heavy (non-hydrogen) atoms. The van der Waals surface area contributed by atoms with E-state index in [2.05, 4.69) is 20.4 Å². The van der Waals surface area contributed by atoms with E-state index in [4.69, 9.17) is 9.47 Å². The number of rotatable bonds is 6. The van der Waals surface area contributed by atoms with E-state index in [-0.39, 0.29) is 43.1 Å². The number of benzene rings is 2. The molecule has 3 rings (SSSR count). The summed E-state index contributed by atoms with van der Waals surface area (Å²) in [6.07, 6.45) is 0. The maximum absolute atomic E-state index is 12.7. The van der Waals surface area contributed by atoms with Gasteiger partial charge in [0.25, 0.3) is 0 Å². The molecule has 6 nitrogen and oxygen atoms in total. The van der Waals surface area contributed by atoms with Gasteiger partial charge in [-0.05, 0) is 24.1 Å². The fourth-order valence-electron chi connectivity index (χ4n) is 2.70. The summed E-state index contributed by atoms with van der Waals surface area (Å²) in [4.78, 5) is 4.16. The predicted octanol–water partition coefficient (Wildman–Crippen LogP) is 3.81. The molecule has 0 atom stereocenters. The van der Waals surface area contributed by atoms with E-state index in [9.17, 15) is 8.78 Å². The molecule has 0 radical (unpaired) electrons. The van der Waals surface area contributed by atoms with Crippen molar-refractivity contribution in [1.82, 2.24) is 10.6 Å². The van der Waals surface area contributed by atoms with Crippen molar-refractivity contribution >= 4 is 29.9 Å². The maximum Gasteiger partial charge on any atom is 0.387 e. The minimum absolute atomic E-state index is 0. The van der Waals surface area contributed by atoms with E-state index >= 15 is 0 Å². The van der Waals surface area contributed by atoms with Crippen LogP contribution in [0.1, 0.15) is 16.7 Å². The largest absolute Gasteiger partial charge is 0.454 e. The van der Waals surface area contributed by atoms with Crippen LogP contribution in [0.15, 0.2) is 41.4 Å². The van der Waals surface area contributed by atoms with Crippen LogP contribution in [0.5, 0.6) is 17.2 Å². The van der Waals surface area contributed by atoms with Crippen molar-refractivity contribution in [2.24, 2.45) is 4.99 Å². The quantitative estimate of drug-likeness (QED) is 0.356. The Morgan fingerprint density at radius 2 is 1.75 bits per heavy atom. The highest BCUT2D eigenvalue weighted by Crippen LogP contribution is 2.38. The van der Waals surface area contributed by atoms with Crippen LogP contribution in [-0.4, -0.2) is 26.4 Å². The zero-order chi connectivity index (χ0) is 19.2. The fourth-order valence-corrected chi connectivity index (χ4v) is 2.70. The van der Waals surface area contributed by atoms with Crippen molar-refractivity contribution in [3.63, 3.8) is 0 Å². The molecule has 1 heterocycles. The van der Waals surface area contributed by atoms with Crippen LogP contribution in [0.4, 0.5) is 8.78 Å². The molecule has 2 aromatic carbocycles. The minimum atomic E-state index is -2.93. The number of nitrogens with one attached hydrogen (secondary N) is 2. The van der Waals surface area contributed by atoms with E-state index in [1.54, 1.807) is 13.1 Å². The Morgan fingerprint density at radius 1 is 1.11 bits per heavy atom. The lowest BCUT2D eigenvalue weighted by atomic mass is 10.1. The van der Waals surface area contributed by atoms with Gasteiger partial charge in [-0.25, -0.2) is 0 Å². The lowest BCUT2D eigenvalue weighted by molar-refractivity contribution is -0.0505. The van der Waals surface area contributed by atoms with E-state index in [0.29, 0.717) is 29.6 Å². The summed E-state index contributed by atoms with van der Waals surface area (Å²) in [5, 5.41) is 6.30. The Balaban J connectivity index is 0.00000280. The van der Waals surface area contributed by atoms with Gasteiger partial charge in [-0.1, -0.05) is 24.3 Å². The number of hydrogen-bond donors (Lipinski definition) is 2. The molecule has 9 heteroatoms. The molecule has 2 N–H and O–H groups in total. The summed E-state index contributed by atoms with van der Waals surface area (Å²) in [6, 6.07) is 11.1. The van der Waals surface area contributed by atoms with Crippen LogP contribution < -0.4 is 24.8 Å². The molecule has 0 aromatic heterocycles. The van der Waals surface area contributed by atoms with Crippen molar-refractivity contribution in [2.45, 2.75) is 26.6 Å². The number of halogens is 3. The third-order valence-electron chi connectivity index (χ3n) is 4.15. The van der Waals surface area contributed by atoms with E-state index in [0.717, 1.165) is 5.56 Å². The summed E-state index contributed by atoms with van der Waals surface area (Å²) >= 11 is 0. The monoisotopic (exact) mass is 505 g/mol. The number of aliphatic imine (C=N–C) groups is 1. The van der Waals surface area contributed by atoms with E-state index in [1.807, 2.05) is 31.2 Å². The molecular formula is C19H22F2IN3O3. The van der Waals surface area contributed by atoms with Crippen LogP contribution in [0.25, 0.3) is 0 Å². The highest BCUT2D eigenvalue weighted by atomic mass is 127. The van der Waals surface area contributed by atoms with Gasteiger partial charge in [0.2, 0.25) is 6.79 Å². The van der Waals surface area contributed by atoms with Gasteiger partial charge in [0.05, 0.1) is 0 Å². The molecule has 0 saturated carbocycles. The van der Waals surface area contributed by atoms with Gasteiger partial charge in [0.15, 0.2) is 17.5 Å². The van der Waals surface area contributed by atoms with E-state index < -0.39 is 6.61 Å². The smallest absolute Gasteiger partial charge is 0.387 e. The SMILES string of the molecule is CN=C(NCc1ccccc1C)NCc1cc2c(cc1OC(F)F)OCO2.I. The number of hydrogen-bond acceptors (Lipinski definition) is 4. The molecular weight excluding hydrogens is 483 g/mol. The molecule has 0 amide bonds. The molecule has 2 aromatic rings. The first-order valence-corrected chi connectivity index (χ1v) is 8.43. The molecule has 1 aliphatic heterocycles. The second-order valence-corrected chi connectivity index (χ2v) is 5.90. The number of nitrogens with zero attached hydrogens (tertiary/aromatic N) is 1. The van der Waals surface area contributed by atoms with Crippen LogP contribution in [0, 0.1) is 6.92 Å². The summed E-state index contributed by atoms with van der Waals surface area (Å²) in [6.45, 7) is -0.0176. The highest BCUT2D eigenvalue weighted by Gasteiger charge is 2.20. The predicted molar refractivity (Wildman–Crippen MR) is 113 cm³/mol. The Bertz CT molecular complexity index is 834. The molecule has 0 unspecified atom stereocenters. The topological polar surface area (TPSA) is 64.1 Å². The van der Waals surface area contributed by atoms with Crippen molar-refractivity contribution in [2.75, 3.05) is 13.8 Å². The van der Waals surface area contributed by atoms with Gasteiger partial charge < -0.3 is 24.8 Å².